The highest BCUT2D eigenvalue weighted by Gasteiger charge is 2.42. The molecule has 1 aliphatic carbocycles. The van der Waals surface area contributed by atoms with Crippen LogP contribution in [0, 0.1) is 5.92 Å². The van der Waals surface area contributed by atoms with E-state index in [9.17, 15) is 19.5 Å². The van der Waals surface area contributed by atoms with E-state index in [1.807, 2.05) is 31.2 Å². The van der Waals surface area contributed by atoms with E-state index in [-0.39, 0.29) is 31.0 Å². The van der Waals surface area contributed by atoms with Crippen LogP contribution in [0.3, 0.4) is 0 Å². The molecule has 2 aliphatic heterocycles. The topological polar surface area (TPSA) is 105 Å². The summed E-state index contributed by atoms with van der Waals surface area (Å²) in [6.07, 6.45) is 0.235. The lowest BCUT2D eigenvalue weighted by Gasteiger charge is -2.38. The maximum Gasteiger partial charge on any atom is 0.407 e. The highest BCUT2D eigenvalue weighted by molar-refractivity contribution is 5.84. The van der Waals surface area contributed by atoms with Crippen molar-refractivity contribution in [2.45, 2.75) is 50.3 Å². The molecule has 35 heavy (non-hydrogen) atoms. The number of nitrogens with zero attached hydrogens (tertiary/aromatic N) is 1. The normalized spacial score (nSPS) is 25.6. The number of carbonyl (C=O) groups is 3. The first-order valence-corrected chi connectivity index (χ1v) is 12.2. The van der Waals surface area contributed by atoms with Gasteiger partial charge < -0.3 is 24.8 Å². The van der Waals surface area contributed by atoms with E-state index < -0.39 is 30.1 Å². The first-order chi connectivity index (χ1) is 16.9. The van der Waals surface area contributed by atoms with Crippen LogP contribution in [-0.2, 0) is 19.1 Å². The van der Waals surface area contributed by atoms with Gasteiger partial charge in [0.25, 0.3) is 5.91 Å². The van der Waals surface area contributed by atoms with Gasteiger partial charge in [-0.2, -0.15) is 0 Å². The fourth-order valence-corrected chi connectivity index (χ4v) is 5.55. The molecule has 2 aromatic carbocycles. The Balaban J connectivity index is 1.22. The summed E-state index contributed by atoms with van der Waals surface area (Å²) in [6, 6.07) is 15.7. The predicted octanol–water partition coefficient (Wildman–Crippen LogP) is 3.39. The van der Waals surface area contributed by atoms with Crippen molar-refractivity contribution in [3.05, 3.63) is 59.7 Å². The number of rotatable bonds is 5. The zero-order valence-electron chi connectivity index (χ0n) is 19.7. The Labute approximate surface area is 204 Å². The zero-order chi connectivity index (χ0) is 24.5. The number of nitrogens with one attached hydrogen (secondary N) is 1. The Morgan fingerprint density at radius 1 is 1.03 bits per heavy atom. The standard InChI is InChI=1S/C27H30N2O6/c1-16-10-11-17(26(31)32)14-29(16)25(30)24-23(12-13-34-24)28-27(33)35-15-22-20-8-4-2-6-18(20)19-7-3-5-9-21(19)22/h2-9,16-17,22-24H,10-15H2,1H3,(H,28,33)(H,31,32). The Bertz CT molecular complexity index is 1090. The molecule has 2 heterocycles. The molecule has 8 heteroatoms. The summed E-state index contributed by atoms with van der Waals surface area (Å²) in [5.41, 5.74) is 4.57. The molecule has 2 saturated heterocycles. The van der Waals surface area contributed by atoms with Crippen LogP contribution in [0.5, 0.6) is 0 Å². The van der Waals surface area contributed by atoms with Crippen molar-refractivity contribution in [2.24, 2.45) is 5.92 Å². The largest absolute Gasteiger partial charge is 0.481 e. The van der Waals surface area contributed by atoms with E-state index >= 15 is 0 Å². The van der Waals surface area contributed by atoms with Gasteiger partial charge in [0.2, 0.25) is 0 Å². The van der Waals surface area contributed by atoms with Crippen molar-refractivity contribution < 1.29 is 29.0 Å². The van der Waals surface area contributed by atoms with Crippen molar-refractivity contribution in [1.29, 1.82) is 0 Å². The molecule has 5 rings (SSSR count). The van der Waals surface area contributed by atoms with E-state index in [1.54, 1.807) is 4.90 Å². The lowest BCUT2D eigenvalue weighted by Crippen LogP contribution is -2.55. The van der Waals surface area contributed by atoms with Gasteiger partial charge in [0.1, 0.15) is 6.61 Å². The lowest BCUT2D eigenvalue weighted by molar-refractivity contribution is -0.151. The number of hydrogen-bond acceptors (Lipinski definition) is 5. The zero-order valence-corrected chi connectivity index (χ0v) is 19.7. The van der Waals surface area contributed by atoms with Gasteiger partial charge in [0.15, 0.2) is 6.10 Å². The van der Waals surface area contributed by atoms with Crippen LogP contribution < -0.4 is 5.32 Å². The Morgan fingerprint density at radius 3 is 2.34 bits per heavy atom. The van der Waals surface area contributed by atoms with Crippen LogP contribution >= 0.6 is 0 Å². The van der Waals surface area contributed by atoms with Gasteiger partial charge in [-0.3, -0.25) is 9.59 Å². The van der Waals surface area contributed by atoms with Gasteiger partial charge in [-0.05, 0) is 48.4 Å². The molecular weight excluding hydrogens is 448 g/mol. The molecule has 4 unspecified atom stereocenters. The van der Waals surface area contributed by atoms with Crippen LogP contribution in [-0.4, -0.2) is 65.9 Å². The average molecular weight is 479 g/mol. The summed E-state index contributed by atoms with van der Waals surface area (Å²) < 4.78 is 11.3. The fraction of sp³-hybridized carbons (Fsp3) is 0.444. The van der Waals surface area contributed by atoms with Gasteiger partial charge in [-0.25, -0.2) is 4.79 Å². The number of piperidine rings is 1. The first kappa shape index (κ1) is 23.4. The summed E-state index contributed by atoms with van der Waals surface area (Å²) in [6.45, 7) is 2.61. The molecule has 8 nitrogen and oxygen atoms in total. The quantitative estimate of drug-likeness (QED) is 0.683. The molecule has 184 valence electrons. The van der Waals surface area contributed by atoms with Gasteiger partial charge in [-0.1, -0.05) is 48.5 Å². The van der Waals surface area contributed by atoms with Crippen LogP contribution in [0.15, 0.2) is 48.5 Å². The van der Waals surface area contributed by atoms with Crippen LogP contribution in [0.4, 0.5) is 4.79 Å². The fourth-order valence-electron chi connectivity index (χ4n) is 5.55. The molecule has 0 saturated carbocycles. The maximum absolute atomic E-state index is 13.2. The number of likely N-dealkylation sites (tertiary alicyclic amines) is 1. The molecular formula is C27H30N2O6. The van der Waals surface area contributed by atoms with E-state index in [0.29, 0.717) is 25.9 Å². The number of aliphatic carboxylic acids is 1. The third-order valence-corrected chi connectivity index (χ3v) is 7.50. The number of amides is 2. The van der Waals surface area contributed by atoms with Crippen LogP contribution in [0.1, 0.15) is 43.2 Å². The first-order valence-electron chi connectivity index (χ1n) is 12.2. The van der Waals surface area contributed by atoms with Crippen LogP contribution in [0.25, 0.3) is 11.1 Å². The number of benzene rings is 2. The van der Waals surface area contributed by atoms with Crippen molar-refractivity contribution in [3.63, 3.8) is 0 Å². The lowest BCUT2D eigenvalue weighted by atomic mass is 9.92. The molecule has 2 aromatic rings. The monoisotopic (exact) mass is 478 g/mol. The SMILES string of the molecule is CC1CCC(C(=O)O)CN1C(=O)C1OCCC1NC(=O)OCC1c2ccccc2-c2ccccc21. The second kappa shape index (κ2) is 9.70. The molecule has 2 amide bonds. The molecule has 3 aliphatic rings. The summed E-state index contributed by atoms with van der Waals surface area (Å²) in [5, 5.41) is 12.2. The molecule has 2 N–H and O–H groups in total. The summed E-state index contributed by atoms with van der Waals surface area (Å²) >= 11 is 0. The molecule has 0 bridgehead atoms. The van der Waals surface area contributed by atoms with E-state index in [2.05, 4.69) is 29.6 Å². The minimum atomic E-state index is -0.893. The number of fused-ring (bicyclic) bond motifs is 3. The minimum Gasteiger partial charge on any atom is -0.481 e. The second-order valence-corrected chi connectivity index (χ2v) is 9.61. The van der Waals surface area contributed by atoms with Gasteiger partial charge in [-0.15, -0.1) is 0 Å². The Hall–Kier alpha value is -3.39. The van der Waals surface area contributed by atoms with Crippen molar-refractivity contribution >= 4 is 18.0 Å². The third-order valence-electron chi connectivity index (χ3n) is 7.50. The van der Waals surface area contributed by atoms with Gasteiger partial charge >= 0.3 is 12.1 Å². The van der Waals surface area contributed by atoms with Crippen molar-refractivity contribution in [3.8, 4) is 11.1 Å². The summed E-state index contributed by atoms with van der Waals surface area (Å²) in [7, 11) is 0. The van der Waals surface area contributed by atoms with E-state index in [4.69, 9.17) is 9.47 Å². The average Bonchev–Trinajstić information content (AvgIpc) is 3.45. The highest BCUT2D eigenvalue weighted by Crippen LogP contribution is 2.44. The molecule has 0 spiro atoms. The Kier molecular flexibility index (Phi) is 6.47. The molecule has 0 aromatic heterocycles. The number of carboxylic acid groups (broad SMARTS) is 1. The highest BCUT2D eigenvalue weighted by atomic mass is 16.6. The summed E-state index contributed by atoms with van der Waals surface area (Å²) in [4.78, 5) is 39.0. The van der Waals surface area contributed by atoms with Crippen molar-refractivity contribution in [1.82, 2.24) is 10.2 Å². The predicted molar refractivity (Wildman–Crippen MR) is 128 cm³/mol. The number of alkyl carbamates (subject to hydrolysis) is 1. The number of carbonyl (C=O) groups excluding carboxylic acids is 2. The van der Waals surface area contributed by atoms with E-state index in [1.165, 1.54) is 0 Å². The number of carboxylic acids is 1. The summed E-state index contributed by atoms with van der Waals surface area (Å²) in [5.74, 6) is -1.79. The van der Waals surface area contributed by atoms with Crippen LogP contribution in [0.2, 0.25) is 0 Å². The molecule has 2 fully saturated rings. The number of ether oxygens (including phenoxy) is 2. The minimum absolute atomic E-state index is 0.0486. The van der Waals surface area contributed by atoms with Gasteiger partial charge in [0, 0.05) is 25.1 Å². The second-order valence-electron chi connectivity index (χ2n) is 9.61. The maximum atomic E-state index is 13.2. The molecule has 4 atom stereocenters. The van der Waals surface area contributed by atoms with E-state index in [0.717, 1.165) is 22.3 Å². The van der Waals surface area contributed by atoms with Gasteiger partial charge in [0.05, 0.1) is 12.0 Å². The van der Waals surface area contributed by atoms with Crippen molar-refractivity contribution in [2.75, 3.05) is 19.8 Å². The smallest absolute Gasteiger partial charge is 0.407 e. The third kappa shape index (κ3) is 4.50. The molecule has 0 radical (unpaired) electrons. The number of hydrogen-bond donors (Lipinski definition) is 2. The Morgan fingerprint density at radius 2 is 1.69 bits per heavy atom.